The number of aliphatic hydroxyl groups excluding tert-OH is 1. The predicted octanol–water partition coefficient (Wildman–Crippen LogP) is -3.37. The summed E-state index contributed by atoms with van der Waals surface area (Å²) in [5, 5.41) is 29.4. The zero-order valence-electron chi connectivity index (χ0n) is 9.59. The van der Waals surface area contributed by atoms with E-state index in [4.69, 9.17) is 14.6 Å². The predicted molar refractivity (Wildman–Crippen MR) is 52.4 cm³/mol. The summed E-state index contributed by atoms with van der Waals surface area (Å²) in [5.74, 6) is -2.79. The van der Waals surface area contributed by atoms with Crippen molar-refractivity contribution in [1.29, 1.82) is 0 Å². The molecule has 0 aromatic rings. The zero-order chi connectivity index (χ0) is 12.6. The van der Waals surface area contributed by atoms with Gasteiger partial charge < -0.3 is 34.4 Å². The fraction of sp³-hybridized carbons (Fsp3) is 0.778. The molecular weight excluding hydrogens is 308 g/mol. The standard InChI is InChI=1S/C9H16O7.Sr/c1-2-15-9(4-8(13)14)16-6(5-10)3-7(11)12;/h6,9-10H,2-5H2,1H3,(H,11,12)(H,13,14);/q;+2/p-2. The van der Waals surface area contributed by atoms with Gasteiger partial charge in [-0.2, -0.15) is 0 Å². The molecule has 17 heavy (non-hydrogen) atoms. The van der Waals surface area contributed by atoms with Gasteiger partial charge in [-0.15, -0.1) is 0 Å². The van der Waals surface area contributed by atoms with Crippen LogP contribution in [0.25, 0.3) is 0 Å². The van der Waals surface area contributed by atoms with E-state index in [1.165, 1.54) is 0 Å². The Bertz CT molecular complexity index is 233. The summed E-state index contributed by atoms with van der Waals surface area (Å²) in [4.78, 5) is 20.6. The van der Waals surface area contributed by atoms with Crippen molar-refractivity contribution in [2.45, 2.75) is 32.2 Å². The summed E-state index contributed by atoms with van der Waals surface area (Å²) >= 11 is 0. The monoisotopic (exact) mass is 322 g/mol. The Hall–Kier alpha value is 0.301. The van der Waals surface area contributed by atoms with Crippen LogP contribution in [0.3, 0.4) is 0 Å². The number of rotatable bonds is 9. The maximum Gasteiger partial charge on any atom is 2.00 e. The number of aliphatic hydroxyl groups is 1. The second-order valence-electron chi connectivity index (χ2n) is 2.98. The Kier molecular flexibility index (Phi) is 13.2. The van der Waals surface area contributed by atoms with Crippen molar-refractivity contribution in [3.05, 3.63) is 0 Å². The summed E-state index contributed by atoms with van der Waals surface area (Å²) in [5.41, 5.74) is 0. The van der Waals surface area contributed by atoms with E-state index in [0.29, 0.717) is 0 Å². The zero-order valence-corrected chi connectivity index (χ0v) is 13.1. The van der Waals surface area contributed by atoms with Crippen molar-refractivity contribution in [1.82, 2.24) is 0 Å². The second-order valence-corrected chi connectivity index (χ2v) is 2.98. The first-order valence-corrected chi connectivity index (χ1v) is 4.77. The van der Waals surface area contributed by atoms with Crippen molar-refractivity contribution in [3.8, 4) is 0 Å². The Balaban J connectivity index is 0. The topological polar surface area (TPSA) is 119 Å². The van der Waals surface area contributed by atoms with Gasteiger partial charge in [0.2, 0.25) is 0 Å². The molecule has 0 saturated carbocycles. The molecule has 94 valence electrons. The van der Waals surface area contributed by atoms with E-state index >= 15 is 0 Å². The van der Waals surface area contributed by atoms with Crippen molar-refractivity contribution < 1.29 is 34.4 Å². The molecule has 0 saturated heterocycles. The van der Waals surface area contributed by atoms with Crippen molar-refractivity contribution in [2.75, 3.05) is 13.2 Å². The third-order valence-corrected chi connectivity index (χ3v) is 1.63. The van der Waals surface area contributed by atoms with Crippen LogP contribution in [0, 0.1) is 0 Å². The van der Waals surface area contributed by atoms with Crippen LogP contribution in [0.1, 0.15) is 19.8 Å². The Morgan fingerprint density at radius 3 is 2.12 bits per heavy atom. The second kappa shape index (κ2) is 11.4. The SMILES string of the molecule is CCOC(CC(=O)[O-])OC(CO)CC(=O)[O-].[Sr+2]. The van der Waals surface area contributed by atoms with E-state index in [9.17, 15) is 19.8 Å². The summed E-state index contributed by atoms with van der Waals surface area (Å²) in [7, 11) is 0. The van der Waals surface area contributed by atoms with Crippen LogP contribution in [0.5, 0.6) is 0 Å². The molecule has 0 aliphatic carbocycles. The number of aliphatic carboxylic acids is 2. The van der Waals surface area contributed by atoms with E-state index < -0.39 is 43.8 Å². The van der Waals surface area contributed by atoms with Gasteiger partial charge in [0.05, 0.1) is 12.7 Å². The van der Waals surface area contributed by atoms with Crippen LogP contribution in [-0.4, -0.2) is 88.1 Å². The number of carbonyl (C=O) groups is 2. The van der Waals surface area contributed by atoms with E-state index in [-0.39, 0.29) is 52.1 Å². The first-order valence-electron chi connectivity index (χ1n) is 4.77. The average molecular weight is 322 g/mol. The van der Waals surface area contributed by atoms with E-state index in [1.807, 2.05) is 0 Å². The van der Waals surface area contributed by atoms with Crippen LogP contribution in [-0.2, 0) is 19.1 Å². The van der Waals surface area contributed by atoms with E-state index in [1.54, 1.807) is 6.92 Å². The van der Waals surface area contributed by atoms with Crippen LogP contribution >= 0.6 is 0 Å². The average Bonchev–Trinajstić information content (AvgIpc) is 2.15. The molecule has 0 rings (SSSR count). The maximum absolute atomic E-state index is 10.3. The van der Waals surface area contributed by atoms with E-state index in [0.717, 1.165) is 0 Å². The summed E-state index contributed by atoms with van der Waals surface area (Å²) in [6.45, 7) is 1.25. The van der Waals surface area contributed by atoms with Gasteiger partial charge in [0.1, 0.15) is 0 Å². The molecule has 1 N–H and O–H groups in total. The van der Waals surface area contributed by atoms with E-state index in [2.05, 4.69) is 0 Å². The first kappa shape index (κ1) is 19.6. The number of hydrogen-bond donors (Lipinski definition) is 1. The number of hydrogen-bond acceptors (Lipinski definition) is 7. The molecule has 0 aromatic heterocycles. The molecule has 0 heterocycles. The minimum absolute atomic E-state index is 0. The van der Waals surface area contributed by atoms with Crippen LogP contribution < -0.4 is 10.2 Å². The minimum Gasteiger partial charge on any atom is -0.550 e. The van der Waals surface area contributed by atoms with Gasteiger partial charge in [-0.25, -0.2) is 0 Å². The molecule has 0 aliphatic heterocycles. The molecule has 2 atom stereocenters. The number of carboxylic acids is 2. The van der Waals surface area contributed by atoms with Gasteiger partial charge in [0, 0.05) is 31.4 Å². The van der Waals surface area contributed by atoms with Gasteiger partial charge in [-0.05, 0) is 6.92 Å². The van der Waals surface area contributed by atoms with Gasteiger partial charge in [0.25, 0.3) is 0 Å². The summed E-state index contributed by atoms with van der Waals surface area (Å²) in [6.07, 6.45) is -3.25. The molecular formula is C9H14O7Sr. The number of carbonyl (C=O) groups excluding carboxylic acids is 2. The summed E-state index contributed by atoms with van der Waals surface area (Å²) in [6, 6.07) is 0. The number of carboxylic acid groups (broad SMARTS) is 2. The molecule has 0 aromatic carbocycles. The molecule has 0 bridgehead atoms. The molecule has 0 fully saturated rings. The van der Waals surface area contributed by atoms with Crippen LogP contribution in [0.4, 0.5) is 0 Å². The molecule has 7 nitrogen and oxygen atoms in total. The third-order valence-electron chi connectivity index (χ3n) is 1.63. The molecule has 0 amide bonds. The maximum atomic E-state index is 10.3. The first-order chi connectivity index (χ1) is 7.49. The fourth-order valence-corrected chi connectivity index (χ4v) is 1.02. The molecule has 0 spiro atoms. The van der Waals surface area contributed by atoms with Crippen LogP contribution in [0.15, 0.2) is 0 Å². The molecule has 0 aliphatic rings. The van der Waals surface area contributed by atoms with Gasteiger partial charge in [-0.1, -0.05) is 0 Å². The van der Waals surface area contributed by atoms with Gasteiger partial charge >= 0.3 is 45.5 Å². The Morgan fingerprint density at radius 1 is 1.24 bits per heavy atom. The normalized spacial score (nSPS) is 13.5. The molecule has 0 radical (unpaired) electrons. The van der Waals surface area contributed by atoms with Crippen molar-refractivity contribution >= 4 is 57.4 Å². The van der Waals surface area contributed by atoms with Crippen molar-refractivity contribution in [2.24, 2.45) is 0 Å². The quantitative estimate of drug-likeness (QED) is 0.347. The van der Waals surface area contributed by atoms with Crippen LogP contribution in [0.2, 0.25) is 0 Å². The van der Waals surface area contributed by atoms with Gasteiger partial charge in [-0.3, -0.25) is 0 Å². The Labute approximate surface area is 136 Å². The fourth-order valence-electron chi connectivity index (χ4n) is 1.02. The largest absolute Gasteiger partial charge is 2.00 e. The van der Waals surface area contributed by atoms with Crippen molar-refractivity contribution in [3.63, 3.8) is 0 Å². The summed E-state index contributed by atoms with van der Waals surface area (Å²) < 4.78 is 9.85. The van der Waals surface area contributed by atoms with Gasteiger partial charge in [0.15, 0.2) is 6.29 Å². The third kappa shape index (κ3) is 11.1. The Morgan fingerprint density at radius 2 is 1.76 bits per heavy atom. The molecule has 2 unspecified atom stereocenters. The minimum atomic E-state index is -1.40. The molecule has 8 heteroatoms. The number of ether oxygens (including phenoxy) is 2. The smallest absolute Gasteiger partial charge is 0.550 e.